The molecule has 0 spiro atoms. The molecule has 1 atom stereocenters. The topological polar surface area (TPSA) is 120 Å². The number of nitro groups is 1. The molecule has 0 aliphatic carbocycles. The fraction of sp³-hybridized carbons (Fsp3) is 0.167. The molecule has 0 fully saturated rings. The van der Waals surface area contributed by atoms with Gasteiger partial charge in [-0.1, -0.05) is 23.4 Å². The van der Waals surface area contributed by atoms with Gasteiger partial charge in [0.2, 0.25) is 0 Å². The number of carbonyl (C=O) groups is 2. The number of carbonyl (C=O) groups excluding carboxylic acids is 2. The molecular formula is C18H17N3O6. The molecule has 0 heterocycles. The first-order valence-corrected chi connectivity index (χ1v) is 7.84. The Morgan fingerprint density at radius 2 is 1.85 bits per heavy atom. The number of ether oxygens (including phenoxy) is 1. The molecular weight excluding hydrogens is 354 g/mol. The standard InChI is InChI=1S/C18H17N3O6/c1-26-18(23)16(20-17(22)14-5-3-2-4-6-14)11-19-27-12-13-7-9-15(10-8-13)21(24)25/h2-11,16H,12H2,1H3,(H,20,22)/b19-11-/t16-/m1/s1. The van der Waals surface area contributed by atoms with Gasteiger partial charge in [0.15, 0.2) is 6.04 Å². The minimum absolute atomic E-state index is 0.0309. The summed E-state index contributed by atoms with van der Waals surface area (Å²) in [5.41, 5.74) is 1.00. The number of nitrogens with one attached hydrogen (secondary N) is 1. The molecule has 1 N–H and O–H groups in total. The quantitative estimate of drug-likeness (QED) is 0.328. The van der Waals surface area contributed by atoms with Crippen molar-refractivity contribution in [1.29, 1.82) is 0 Å². The average Bonchev–Trinajstić information content (AvgIpc) is 2.70. The lowest BCUT2D eigenvalue weighted by molar-refractivity contribution is -0.384. The van der Waals surface area contributed by atoms with Crippen LogP contribution in [0.25, 0.3) is 0 Å². The Balaban J connectivity index is 1.94. The molecule has 0 unspecified atom stereocenters. The molecule has 2 aromatic carbocycles. The molecule has 27 heavy (non-hydrogen) atoms. The molecule has 9 heteroatoms. The van der Waals surface area contributed by atoms with Crippen LogP contribution in [0.2, 0.25) is 0 Å². The van der Waals surface area contributed by atoms with E-state index in [1.807, 2.05) is 0 Å². The van der Waals surface area contributed by atoms with Crippen LogP contribution in [0.15, 0.2) is 59.8 Å². The number of hydrogen-bond donors (Lipinski definition) is 1. The van der Waals surface area contributed by atoms with Crippen molar-refractivity contribution in [3.63, 3.8) is 0 Å². The second-order valence-corrected chi connectivity index (χ2v) is 5.29. The number of hydrogen-bond acceptors (Lipinski definition) is 7. The minimum Gasteiger partial charge on any atom is -0.467 e. The van der Waals surface area contributed by atoms with Crippen molar-refractivity contribution in [3.05, 3.63) is 75.8 Å². The lowest BCUT2D eigenvalue weighted by Crippen LogP contribution is -2.42. The Labute approximate surface area is 154 Å². The van der Waals surface area contributed by atoms with Gasteiger partial charge < -0.3 is 14.9 Å². The largest absolute Gasteiger partial charge is 0.467 e. The van der Waals surface area contributed by atoms with E-state index in [2.05, 4.69) is 15.2 Å². The first kappa shape index (κ1) is 19.6. The van der Waals surface area contributed by atoms with E-state index in [1.54, 1.807) is 30.3 Å². The highest BCUT2D eigenvalue weighted by molar-refractivity contribution is 6.02. The molecule has 0 aliphatic heterocycles. The summed E-state index contributed by atoms with van der Waals surface area (Å²) in [4.78, 5) is 39.1. The zero-order valence-corrected chi connectivity index (χ0v) is 14.4. The maximum Gasteiger partial charge on any atom is 0.334 e. The Bertz CT molecular complexity index is 821. The van der Waals surface area contributed by atoms with Crippen LogP contribution < -0.4 is 5.32 Å². The number of nitro benzene ring substituents is 1. The van der Waals surface area contributed by atoms with Crippen LogP contribution in [0.3, 0.4) is 0 Å². The number of rotatable bonds is 8. The van der Waals surface area contributed by atoms with E-state index in [9.17, 15) is 19.7 Å². The summed E-state index contributed by atoms with van der Waals surface area (Å²) in [5, 5.41) is 16.8. The van der Waals surface area contributed by atoms with Crippen molar-refractivity contribution in [2.24, 2.45) is 5.16 Å². The second kappa shape index (κ2) is 9.66. The van der Waals surface area contributed by atoms with Crippen molar-refractivity contribution >= 4 is 23.8 Å². The van der Waals surface area contributed by atoms with Crippen molar-refractivity contribution in [2.75, 3.05) is 7.11 Å². The van der Waals surface area contributed by atoms with Crippen LogP contribution in [0.1, 0.15) is 15.9 Å². The van der Waals surface area contributed by atoms with Crippen LogP contribution in [0.4, 0.5) is 5.69 Å². The summed E-state index contributed by atoms with van der Waals surface area (Å²) >= 11 is 0. The number of esters is 1. The molecule has 0 radical (unpaired) electrons. The Hall–Kier alpha value is -3.75. The van der Waals surface area contributed by atoms with E-state index in [-0.39, 0.29) is 12.3 Å². The van der Waals surface area contributed by atoms with Gasteiger partial charge in [-0.25, -0.2) is 4.79 Å². The lowest BCUT2D eigenvalue weighted by atomic mass is 10.2. The van der Waals surface area contributed by atoms with Crippen molar-refractivity contribution < 1.29 is 24.1 Å². The van der Waals surface area contributed by atoms with E-state index < -0.39 is 22.8 Å². The summed E-state index contributed by atoms with van der Waals surface area (Å²) in [6.45, 7) is 0.0367. The second-order valence-electron chi connectivity index (χ2n) is 5.29. The first-order valence-electron chi connectivity index (χ1n) is 7.84. The number of methoxy groups -OCH3 is 1. The van der Waals surface area contributed by atoms with Crippen LogP contribution in [-0.4, -0.2) is 36.2 Å². The maximum absolute atomic E-state index is 12.1. The Morgan fingerprint density at radius 3 is 2.44 bits per heavy atom. The molecule has 9 nitrogen and oxygen atoms in total. The summed E-state index contributed by atoms with van der Waals surface area (Å²) in [5.74, 6) is -1.17. The van der Waals surface area contributed by atoms with Gasteiger partial charge in [0.25, 0.3) is 11.6 Å². The zero-order chi connectivity index (χ0) is 19.6. The van der Waals surface area contributed by atoms with Crippen LogP contribution >= 0.6 is 0 Å². The van der Waals surface area contributed by atoms with Crippen LogP contribution in [0, 0.1) is 10.1 Å². The molecule has 0 bridgehead atoms. The van der Waals surface area contributed by atoms with Gasteiger partial charge in [0, 0.05) is 17.7 Å². The van der Waals surface area contributed by atoms with Gasteiger partial charge in [-0.2, -0.15) is 0 Å². The predicted octanol–water partition coefficient (Wildman–Crippen LogP) is 2.07. The zero-order valence-electron chi connectivity index (χ0n) is 14.4. The maximum atomic E-state index is 12.1. The summed E-state index contributed by atoms with van der Waals surface area (Å²) in [7, 11) is 1.19. The van der Waals surface area contributed by atoms with Gasteiger partial charge in [0.05, 0.1) is 18.2 Å². The molecule has 0 saturated heterocycles. The van der Waals surface area contributed by atoms with Gasteiger partial charge >= 0.3 is 5.97 Å². The fourth-order valence-electron chi connectivity index (χ4n) is 2.03. The van der Waals surface area contributed by atoms with Gasteiger partial charge in [0.1, 0.15) is 6.61 Å². The third-order valence-corrected chi connectivity index (χ3v) is 3.44. The lowest BCUT2D eigenvalue weighted by Gasteiger charge is -2.12. The SMILES string of the molecule is COC(=O)[C@@H](/C=N\OCc1ccc([N+](=O)[O-])cc1)NC(=O)c1ccccc1. The molecule has 0 aromatic heterocycles. The normalized spacial score (nSPS) is 11.6. The number of benzene rings is 2. The van der Waals surface area contributed by atoms with Crippen molar-refractivity contribution in [1.82, 2.24) is 5.32 Å². The molecule has 1 amide bonds. The predicted molar refractivity (Wildman–Crippen MR) is 96.1 cm³/mol. The van der Waals surface area contributed by atoms with E-state index in [0.717, 1.165) is 6.21 Å². The van der Waals surface area contributed by atoms with Gasteiger partial charge in [-0.3, -0.25) is 14.9 Å². The van der Waals surface area contributed by atoms with E-state index >= 15 is 0 Å². The van der Waals surface area contributed by atoms with E-state index in [1.165, 1.54) is 31.4 Å². The van der Waals surface area contributed by atoms with Gasteiger partial charge in [-0.05, 0) is 29.8 Å². The molecule has 0 saturated carbocycles. The smallest absolute Gasteiger partial charge is 0.334 e. The number of non-ortho nitro benzene ring substituents is 1. The molecule has 140 valence electrons. The van der Waals surface area contributed by atoms with Crippen LogP contribution in [-0.2, 0) is 21.0 Å². The van der Waals surface area contributed by atoms with Crippen molar-refractivity contribution in [2.45, 2.75) is 12.6 Å². The molecule has 0 aliphatic rings. The molecule has 2 aromatic rings. The highest BCUT2D eigenvalue weighted by Gasteiger charge is 2.20. The average molecular weight is 371 g/mol. The summed E-state index contributed by atoms with van der Waals surface area (Å²) in [6, 6.07) is 13.0. The van der Waals surface area contributed by atoms with E-state index in [0.29, 0.717) is 11.1 Å². The highest BCUT2D eigenvalue weighted by Crippen LogP contribution is 2.12. The fourth-order valence-corrected chi connectivity index (χ4v) is 2.03. The highest BCUT2D eigenvalue weighted by atomic mass is 16.6. The Kier molecular flexibility index (Phi) is 7.00. The minimum atomic E-state index is -1.13. The summed E-state index contributed by atoms with van der Waals surface area (Å²) < 4.78 is 4.64. The van der Waals surface area contributed by atoms with Gasteiger partial charge in [-0.15, -0.1) is 0 Å². The monoisotopic (exact) mass is 371 g/mol. The molecule has 2 rings (SSSR count). The van der Waals surface area contributed by atoms with E-state index in [4.69, 9.17) is 4.84 Å². The third kappa shape index (κ3) is 5.92. The van der Waals surface area contributed by atoms with Crippen LogP contribution in [0.5, 0.6) is 0 Å². The number of oxime groups is 1. The summed E-state index contributed by atoms with van der Waals surface area (Å²) in [6.07, 6.45) is 1.11. The number of amides is 1. The first-order chi connectivity index (χ1) is 13.0. The van der Waals surface area contributed by atoms with Crippen molar-refractivity contribution in [3.8, 4) is 0 Å². The third-order valence-electron chi connectivity index (χ3n) is 3.44. The number of nitrogens with zero attached hydrogens (tertiary/aromatic N) is 2. The Morgan fingerprint density at radius 1 is 1.19 bits per heavy atom.